The monoisotopic (exact) mass is 414 g/mol. The van der Waals surface area contributed by atoms with Gasteiger partial charge in [-0.2, -0.15) is 5.10 Å². The lowest BCUT2D eigenvalue weighted by Gasteiger charge is -2.52. The fourth-order valence-electron chi connectivity index (χ4n) is 4.17. The van der Waals surface area contributed by atoms with E-state index in [2.05, 4.69) is 15.1 Å². The van der Waals surface area contributed by atoms with Crippen LogP contribution in [0.25, 0.3) is 11.3 Å². The first-order valence-corrected chi connectivity index (χ1v) is 10.7. The van der Waals surface area contributed by atoms with Gasteiger partial charge >= 0.3 is 0 Å². The fraction of sp³-hybridized carbons (Fsp3) is 0.500. The highest BCUT2D eigenvalue weighted by Gasteiger charge is 2.46. The van der Waals surface area contributed by atoms with Crippen molar-refractivity contribution in [1.82, 2.24) is 19.8 Å². The number of aromatic nitrogens is 2. The van der Waals surface area contributed by atoms with Gasteiger partial charge in [-0.25, -0.2) is 17.5 Å². The molecular formula is C18H24ClFN4O2S. The highest BCUT2D eigenvalue weighted by Crippen LogP contribution is 2.38. The summed E-state index contributed by atoms with van der Waals surface area (Å²) in [7, 11) is -1.52. The van der Waals surface area contributed by atoms with Crippen LogP contribution in [0.5, 0.6) is 0 Å². The van der Waals surface area contributed by atoms with Crippen LogP contribution in [0.4, 0.5) is 4.39 Å². The molecule has 6 nitrogen and oxygen atoms in total. The third-order valence-electron chi connectivity index (χ3n) is 5.42. The smallest absolute Gasteiger partial charge is 0.209 e. The van der Waals surface area contributed by atoms with Gasteiger partial charge in [0, 0.05) is 36.9 Å². The highest BCUT2D eigenvalue weighted by atomic mass is 35.5. The van der Waals surface area contributed by atoms with E-state index in [1.807, 2.05) is 6.07 Å². The van der Waals surface area contributed by atoms with E-state index in [9.17, 15) is 8.42 Å². The molecule has 0 radical (unpaired) electrons. The third kappa shape index (κ3) is 4.18. The van der Waals surface area contributed by atoms with E-state index in [-0.39, 0.29) is 30.3 Å². The number of nitrogens with zero attached hydrogens (tertiary/aromatic N) is 2. The SMILES string of the molecule is Cl.Cn1ccc(-c2cccc(C[C@@H]3NC4CC(C4)[C@@H]3NS(C)(=O)=O)c2F)n1. The van der Waals surface area contributed by atoms with Crippen molar-refractivity contribution in [1.29, 1.82) is 0 Å². The van der Waals surface area contributed by atoms with Gasteiger partial charge < -0.3 is 5.32 Å². The maximum Gasteiger partial charge on any atom is 0.209 e. The Hall–Kier alpha value is -1.48. The van der Waals surface area contributed by atoms with Crippen LogP contribution in [0.1, 0.15) is 18.4 Å². The van der Waals surface area contributed by atoms with E-state index in [1.54, 1.807) is 36.1 Å². The Bertz CT molecular complexity index is 927. The topological polar surface area (TPSA) is 76.0 Å². The van der Waals surface area contributed by atoms with Crippen LogP contribution in [0.3, 0.4) is 0 Å². The van der Waals surface area contributed by atoms with Crippen molar-refractivity contribution in [2.75, 3.05) is 6.26 Å². The van der Waals surface area contributed by atoms with Crippen molar-refractivity contribution in [2.45, 2.75) is 37.4 Å². The molecule has 2 bridgehead atoms. The molecular weight excluding hydrogens is 391 g/mol. The van der Waals surface area contributed by atoms with E-state index < -0.39 is 10.0 Å². The van der Waals surface area contributed by atoms with E-state index in [0.29, 0.717) is 35.2 Å². The molecule has 2 N–H and O–H groups in total. The number of fused-ring (bicyclic) bond motifs is 2. The van der Waals surface area contributed by atoms with E-state index in [4.69, 9.17) is 0 Å². The summed E-state index contributed by atoms with van der Waals surface area (Å²) in [6.07, 6.45) is 5.34. The first kappa shape index (κ1) is 20.3. The second kappa shape index (κ2) is 7.50. The Kier molecular flexibility index (Phi) is 5.63. The second-order valence-corrected chi connectivity index (χ2v) is 9.25. The number of hydrogen-bond acceptors (Lipinski definition) is 4. The van der Waals surface area contributed by atoms with Gasteiger partial charge in [0.25, 0.3) is 0 Å². The molecule has 9 heteroatoms. The van der Waals surface area contributed by atoms with Gasteiger partial charge in [0.2, 0.25) is 10.0 Å². The molecule has 2 atom stereocenters. The lowest BCUT2D eigenvalue weighted by molar-refractivity contribution is 0.0809. The van der Waals surface area contributed by atoms with Crippen LogP contribution >= 0.6 is 12.4 Å². The Labute approximate surface area is 165 Å². The van der Waals surface area contributed by atoms with Crippen LogP contribution in [-0.2, 0) is 23.5 Å². The normalized spacial score (nSPS) is 26.9. The summed E-state index contributed by atoms with van der Waals surface area (Å²) in [6, 6.07) is 7.18. The molecule has 0 spiro atoms. The average Bonchev–Trinajstić information content (AvgIpc) is 2.94. The number of rotatable bonds is 5. The minimum atomic E-state index is -3.31. The van der Waals surface area contributed by atoms with Gasteiger partial charge in [0.1, 0.15) is 5.82 Å². The van der Waals surface area contributed by atoms with Crippen molar-refractivity contribution in [2.24, 2.45) is 13.0 Å². The molecule has 2 aliphatic heterocycles. The first-order chi connectivity index (χ1) is 12.3. The molecule has 3 fully saturated rings. The van der Waals surface area contributed by atoms with Crippen molar-refractivity contribution in [3.63, 3.8) is 0 Å². The predicted molar refractivity (Wildman–Crippen MR) is 105 cm³/mol. The third-order valence-corrected chi connectivity index (χ3v) is 6.12. The van der Waals surface area contributed by atoms with Crippen molar-refractivity contribution in [3.05, 3.63) is 41.8 Å². The van der Waals surface area contributed by atoms with Gasteiger partial charge in [-0.15, -0.1) is 12.4 Å². The summed E-state index contributed by atoms with van der Waals surface area (Å²) in [5.41, 5.74) is 1.64. The molecule has 1 aromatic heterocycles. The maximum atomic E-state index is 15.1. The highest BCUT2D eigenvalue weighted by molar-refractivity contribution is 7.88. The molecule has 3 heterocycles. The van der Waals surface area contributed by atoms with Crippen molar-refractivity contribution in [3.8, 4) is 11.3 Å². The predicted octanol–water partition coefficient (Wildman–Crippen LogP) is 1.86. The van der Waals surface area contributed by atoms with E-state index in [0.717, 1.165) is 12.8 Å². The first-order valence-electron chi connectivity index (χ1n) is 8.81. The summed E-state index contributed by atoms with van der Waals surface area (Å²) in [5, 5.41) is 7.76. The molecule has 1 saturated carbocycles. The van der Waals surface area contributed by atoms with Gasteiger partial charge in [0.15, 0.2) is 0 Å². The van der Waals surface area contributed by atoms with Crippen molar-refractivity contribution < 1.29 is 12.8 Å². The molecule has 1 aromatic carbocycles. The summed E-state index contributed by atoms with van der Waals surface area (Å²) in [4.78, 5) is 0. The number of aryl methyl sites for hydroxylation is 1. The zero-order valence-electron chi connectivity index (χ0n) is 15.2. The zero-order chi connectivity index (χ0) is 18.5. The van der Waals surface area contributed by atoms with Gasteiger partial charge in [-0.3, -0.25) is 4.68 Å². The number of benzene rings is 1. The lowest BCUT2D eigenvalue weighted by atomic mass is 9.68. The molecule has 148 valence electrons. The Balaban J connectivity index is 0.00000210. The van der Waals surface area contributed by atoms with Gasteiger partial charge in [-0.1, -0.05) is 12.1 Å². The molecule has 2 aromatic rings. The molecule has 0 unspecified atom stereocenters. The molecule has 0 amide bonds. The fourth-order valence-corrected chi connectivity index (χ4v) is 5.02. The van der Waals surface area contributed by atoms with Crippen LogP contribution in [-0.4, -0.2) is 42.6 Å². The number of halogens is 2. The summed E-state index contributed by atoms with van der Waals surface area (Å²) in [6.45, 7) is 0. The summed E-state index contributed by atoms with van der Waals surface area (Å²) < 4.78 is 43.0. The van der Waals surface area contributed by atoms with Crippen LogP contribution in [0.15, 0.2) is 30.5 Å². The number of piperidine rings is 2. The molecule has 5 rings (SSSR count). The quantitative estimate of drug-likeness (QED) is 0.783. The number of nitrogens with one attached hydrogen (secondary N) is 2. The minimum Gasteiger partial charge on any atom is -0.309 e. The largest absolute Gasteiger partial charge is 0.309 e. The molecule has 3 aliphatic rings. The minimum absolute atomic E-state index is 0. The number of hydrogen-bond donors (Lipinski definition) is 2. The number of sulfonamides is 1. The summed E-state index contributed by atoms with van der Waals surface area (Å²) >= 11 is 0. The standard InChI is InChI=1S/C18H23FN4O2S.ClH/c1-23-7-6-15(21-23)14-5-3-4-11(17(14)19)10-16-18(22-26(2,24)25)12-8-13(9-12)20-16;/h3-7,12-13,16,18,20,22H,8-10H2,1-2H3;1H/t12?,13?,16-,18-;/m0./s1. The van der Waals surface area contributed by atoms with Crippen molar-refractivity contribution >= 4 is 22.4 Å². The second-order valence-electron chi connectivity index (χ2n) is 7.47. The van der Waals surface area contributed by atoms with Crippen LogP contribution in [0, 0.1) is 11.7 Å². The van der Waals surface area contributed by atoms with Crippen LogP contribution in [0.2, 0.25) is 0 Å². The zero-order valence-corrected chi connectivity index (χ0v) is 16.9. The van der Waals surface area contributed by atoms with Gasteiger partial charge in [0.05, 0.1) is 11.9 Å². The Morgan fingerprint density at radius 1 is 1.33 bits per heavy atom. The molecule has 27 heavy (non-hydrogen) atoms. The van der Waals surface area contributed by atoms with Crippen LogP contribution < -0.4 is 10.0 Å². The lowest BCUT2D eigenvalue weighted by Crippen LogP contribution is -2.67. The van der Waals surface area contributed by atoms with Gasteiger partial charge in [-0.05, 0) is 42.9 Å². The van der Waals surface area contributed by atoms with E-state index >= 15 is 4.39 Å². The summed E-state index contributed by atoms with van der Waals surface area (Å²) in [5.74, 6) is 0.0355. The van der Waals surface area contributed by atoms with E-state index in [1.165, 1.54) is 6.26 Å². The Morgan fingerprint density at radius 3 is 2.70 bits per heavy atom. The average molecular weight is 415 g/mol. The maximum absolute atomic E-state index is 15.1. The molecule has 2 saturated heterocycles. The molecule has 1 aliphatic carbocycles. The Morgan fingerprint density at radius 2 is 2.07 bits per heavy atom.